The van der Waals surface area contributed by atoms with Crippen LogP contribution in [0.3, 0.4) is 0 Å². The van der Waals surface area contributed by atoms with E-state index < -0.39 is 97.5 Å². The summed E-state index contributed by atoms with van der Waals surface area (Å²) in [7, 11) is -9.91. The van der Waals surface area contributed by atoms with E-state index in [1.54, 1.807) is 0 Å². The zero-order valence-corrected chi connectivity index (χ0v) is 63.2. The molecule has 3 unspecified atom stereocenters. The number of carbonyl (C=O) groups excluding carboxylic acids is 4. The Balaban J connectivity index is 5.26. The molecule has 0 aromatic carbocycles. The highest BCUT2D eigenvalue weighted by Gasteiger charge is 2.30. The molecule has 0 saturated carbocycles. The second-order valence-corrected chi connectivity index (χ2v) is 31.1. The Kier molecular flexibility index (Phi) is 64.3. The molecule has 94 heavy (non-hydrogen) atoms. The van der Waals surface area contributed by atoms with Crippen molar-refractivity contribution in [2.24, 2.45) is 17.8 Å². The van der Waals surface area contributed by atoms with Crippen molar-refractivity contribution >= 4 is 39.5 Å². The van der Waals surface area contributed by atoms with E-state index in [4.69, 9.17) is 37.0 Å². The van der Waals surface area contributed by atoms with Gasteiger partial charge >= 0.3 is 39.5 Å². The van der Waals surface area contributed by atoms with Crippen molar-refractivity contribution in [2.45, 2.75) is 401 Å². The van der Waals surface area contributed by atoms with Gasteiger partial charge in [0.2, 0.25) is 0 Å². The van der Waals surface area contributed by atoms with Crippen molar-refractivity contribution in [2.75, 3.05) is 39.6 Å². The molecule has 0 aromatic rings. The maximum atomic E-state index is 13.1. The van der Waals surface area contributed by atoms with Crippen LogP contribution >= 0.6 is 15.6 Å². The van der Waals surface area contributed by atoms with Crippen molar-refractivity contribution < 1.29 is 80.2 Å². The van der Waals surface area contributed by atoms with E-state index in [9.17, 15) is 43.2 Å². The minimum Gasteiger partial charge on any atom is -0.462 e. The number of ether oxygens (including phenoxy) is 4. The molecule has 0 aliphatic carbocycles. The molecule has 0 saturated heterocycles. The normalized spacial score (nSPS) is 14.4. The molecule has 0 amide bonds. The number of unbranched alkanes of at least 4 members (excludes halogenated alkanes) is 40. The van der Waals surface area contributed by atoms with Crippen LogP contribution in [-0.4, -0.2) is 96.7 Å². The Hall–Kier alpha value is -1.94. The van der Waals surface area contributed by atoms with Gasteiger partial charge in [-0.05, 0) is 43.4 Å². The summed E-state index contributed by atoms with van der Waals surface area (Å²) in [6.45, 7) is 11.9. The molecule has 0 heterocycles. The van der Waals surface area contributed by atoms with Crippen LogP contribution < -0.4 is 0 Å². The SMILES string of the molecule is CCCCCCCCCCCCCCCCC(=O)OC[C@H](COP(=O)(O)OC[C@@H](O)COP(=O)(O)OC[C@@H](COC(=O)CCCCCCCCCCC(C)C)OC(=O)CCCCCCCCCCC(C)CC)OC(=O)CCCCCCCCCCCCCCCCC(C)C. The zero-order chi connectivity index (χ0) is 69.4. The summed E-state index contributed by atoms with van der Waals surface area (Å²) in [5, 5.41) is 10.6. The number of rotatable bonds is 73. The molecule has 0 spiro atoms. The minimum absolute atomic E-state index is 0.104. The van der Waals surface area contributed by atoms with Gasteiger partial charge in [0.1, 0.15) is 19.3 Å². The van der Waals surface area contributed by atoms with E-state index in [0.29, 0.717) is 25.7 Å². The Labute approximate surface area is 575 Å². The Morgan fingerprint density at radius 2 is 0.543 bits per heavy atom. The highest BCUT2D eigenvalue weighted by Crippen LogP contribution is 2.45. The molecule has 0 radical (unpaired) electrons. The summed E-state index contributed by atoms with van der Waals surface area (Å²) in [5.74, 6) is 0.171. The smallest absolute Gasteiger partial charge is 0.462 e. The maximum absolute atomic E-state index is 13.1. The van der Waals surface area contributed by atoms with Crippen molar-refractivity contribution in [1.29, 1.82) is 0 Å². The van der Waals surface area contributed by atoms with Gasteiger partial charge in [-0.2, -0.15) is 0 Å². The second-order valence-electron chi connectivity index (χ2n) is 28.2. The van der Waals surface area contributed by atoms with Crippen LogP contribution in [-0.2, 0) is 65.4 Å². The van der Waals surface area contributed by atoms with Crippen LogP contribution in [0, 0.1) is 17.8 Å². The van der Waals surface area contributed by atoms with E-state index in [-0.39, 0.29) is 25.7 Å². The fraction of sp³-hybridized carbons (Fsp3) is 0.947. The average Bonchev–Trinajstić information content (AvgIpc) is 1.38. The zero-order valence-electron chi connectivity index (χ0n) is 61.4. The average molecular weight is 1380 g/mol. The summed E-state index contributed by atoms with van der Waals surface area (Å²) < 4.78 is 68.5. The standard InChI is InChI=1S/C75H146O17P2/c1-8-10-11-12-13-14-15-16-20-23-26-35-42-49-56-72(77)85-62-70(91-74(79)58-51-44-37-27-24-21-18-17-19-22-25-32-39-46-53-66(3)4)64-89-93(81,82)87-60-69(76)61-88-94(83,84)90-65-71(63-86-73(78)57-50-43-36-30-28-33-40-47-54-67(5)6)92-75(80)59-52-45-38-31-29-34-41-48-55-68(7)9-2/h66-71,76H,8-65H2,1-7H3,(H,81,82)(H,83,84)/t68?,69-,70-,71-/m1/s1. The fourth-order valence-corrected chi connectivity index (χ4v) is 13.0. The first-order valence-electron chi connectivity index (χ1n) is 38.9. The van der Waals surface area contributed by atoms with Crippen LogP contribution in [0.15, 0.2) is 0 Å². The second kappa shape index (κ2) is 65.7. The largest absolute Gasteiger partial charge is 0.472 e. The number of phosphoric ester groups is 2. The highest BCUT2D eigenvalue weighted by molar-refractivity contribution is 7.47. The van der Waals surface area contributed by atoms with Crippen molar-refractivity contribution in [1.82, 2.24) is 0 Å². The Bertz CT molecular complexity index is 1840. The number of esters is 4. The molecule has 17 nitrogen and oxygen atoms in total. The maximum Gasteiger partial charge on any atom is 0.472 e. The molecule has 0 rings (SSSR count). The fourth-order valence-electron chi connectivity index (χ4n) is 11.4. The summed E-state index contributed by atoms with van der Waals surface area (Å²) in [4.78, 5) is 72.8. The Morgan fingerprint density at radius 1 is 0.309 bits per heavy atom. The summed E-state index contributed by atoms with van der Waals surface area (Å²) in [6, 6.07) is 0. The topological polar surface area (TPSA) is 237 Å². The lowest BCUT2D eigenvalue weighted by Gasteiger charge is -2.21. The summed E-state index contributed by atoms with van der Waals surface area (Å²) in [5.41, 5.74) is 0. The van der Waals surface area contributed by atoms with Crippen molar-refractivity contribution in [3.05, 3.63) is 0 Å². The van der Waals surface area contributed by atoms with Crippen LogP contribution in [0.1, 0.15) is 382 Å². The van der Waals surface area contributed by atoms with Crippen LogP contribution in [0.5, 0.6) is 0 Å². The van der Waals surface area contributed by atoms with Gasteiger partial charge in [0.15, 0.2) is 12.2 Å². The minimum atomic E-state index is -4.96. The van der Waals surface area contributed by atoms with Gasteiger partial charge in [0.05, 0.1) is 26.4 Å². The third-order valence-electron chi connectivity index (χ3n) is 17.7. The number of aliphatic hydroxyl groups excluding tert-OH is 1. The van der Waals surface area contributed by atoms with E-state index in [1.807, 2.05) is 0 Å². The first-order valence-corrected chi connectivity index (χ1v) is 41.9. The van der Waals surface area contributed by atoms with Crippen LogP contribution in [0.2, 0.25) is 0 Å². The lowest BCUT2D eigenvalue weighted by Crippen LogP contribution is -2.30. The van der Waals surface area contributed by atoms with Gasteiger partial charge in [0, 0.05) is 25.7 Å². The van der Waals surface area contributed by atoms with Crippen LogP contribution in [0.4, 0.5) is 0 Å². The highest BCUT2D eigenvalue weighted by atomic mass is 31.2. The molecule has 3 N–H and O–H groups in total. The lowest BCUT2D eigenvalue weighted by atomic mass is 9.99. The van der Waals surface area contributed by atoms with Crippen molar-refractivity contribution in [3.8, 4) is 0 Å². The molecule has 0 bridgehead atoms. The molecule has 0 fully saturated rings. The molecule has 558 valence electrons. The molecule has 0 aliphatic rings. The molecule has 0 aliphatic heterocycles. The van der Waals surface area contributed by atoms with Gasteiger partial charge in [-0.1, -0.05) is 331 Å². The number of aliphatic hydroxyl groups is 1. The van der Waals surface area contributed by atoms with Crippen molar-refractivity contribution in [3.63, 3.8) is 0 Å². The monoisotopic (exact) mass is 1380 g/mol. The van der Waals surface area contributed by atoms with E-state index in [0.717, 1.165) is 108 Å². The number of phosphoric acid groups is 2. The van der Waals surface area contributed by atoms with Gasteiger partial charge in [-0.25, -0.2) is 9.13 Å². The first kappa shape index (κ1) is 92.1. The molecule has 19 heteroatoms. The third-order valence-corrected chi connectivity index (χ3v) is 19.6. The predicted molar refractivity (Wildman–Crippen MR) is 381 cm³/mol. The molecular weight excluding hydrogens is 1230 g/mol. The van der Waals surface area contributed by atoms with Gasteiger partial charge < -0.3 is 33.8 Å². The molecular formula is C75H146O17P2. The summed E-state index contributed by atoms with van der Waals surface area (Å²) in [6.07, 6.45) is 51.2. The molecule has 6 atom stereocenters. The van der Waals surface area contributed by atoms with Crippen LogP contribution in [0.25, 0.3) is 0 Å². The van der Waals surface area contributed by atoms with E-state index in [1.165, 1.54) is 193 Å². The predicted octanol–water partition coefficient (Wildman–Crippen LogP) is 21.8. The van der Waals surface area contributed by atoms with Gasteiger partial charge in [0.25, 0.3) is 0 Å². The number of hydrogen-bond acceptors (Lipinski definition) is 15. The molecule has 0 aromatic heterocycles. The van der Waals surface area contributed by atoms with Gasteiger partial charge in [-0.15, -0.1) is 0 Å². The third kappa shape index (κ3) is 67.3. The van der Waals surface area contributed by atoms with Gasteiger partial charge in [-0.3, -0.25) is 37.3 Å². The van der Waals surface area contributed by atoms with E-state index >= 15 is 0 Å². The summed E-state index contributed by atoms with van der Waals surface area (Å²) >= 11 is 0. The van der Waals surface area contributed by atoms with E-state index in [2.05, 4.69) is 48.5 Å². The Morgan fingerprint density at radius 3 is 0.809 bits per heavy atom. The lowest BCUT2D eigenvalue weighted by molar-refractivity contribution is -0.161. The number of hydrogen-bond donors (Lipinski definition) is 3. The quantitative estimate of drug-likeness (QED) is 0.0222. The first-order chi connectivity index (χ1) is 45.3. The number of carbonyl (C=O) groups is 4.